The van der Waals surface area contributed by atoms with Crippen LogP contribution in [-0.2, 0) is 11.2 Å². The van der Waals surface area contributed by atoms with E-state index in [-0.39, 0.29) is 17.9 Å². The van der Waals surface area contributed by atoms with E-state index in [1.165, 1.54) is 23.8 Å². The highest BCUT2D eigenvalue weighted by atomic mass is 16.2. The van der Waals surface area contributed by atoms with E-state index in [1.807, 2.05) is 0 Å². The minimum Gasteiger partial charge on any atom is -0.356 e. The number of aryl methyl sites for hydroxylation is 1. The number of rotatable bonds is 9. The molecular formula is C18H28N4O2. The van der Waals surface area contributed by atoms with Crippen LogP contribution in [0.3, 0.4) is 0 Å². The van der Waals surface area contributed by atoms with Gasteiger partial charge in [0.1, 0.15) is 0 Å². The highest BCUT2D eigenvalue weighted by Crippen LogP contribution is 2.09. The average Bonchev–Trinajstić information content (AvgIpc) is 2.98. The normalized spacial score (nSPS) is 11.3. The first-order valence-electron chi connectivity index (χ1n) is 8.81. The summed E-state index contributed by atoms with van der Waals surface area (Å²) in [7, 11) is 0. The number of nitrogens with one attached hydrogen (secondary N) is 2. The van der Waals surface area contributed by atoms with Crippen molar-refractivity contribution in [3.8, 4) is 0 Å². The number of carbonyl (C=O) groups excluding carboxylic acids is 1. The molecule has 0 aliphatic carbocycles. The van der Waals surface area contributed by atoms with Gasteiger partial charge in [-0.05, 0) is 19.3 Å². The molecule has 2 aromatic rings. The van der Waals surface area contributed by atoms with E-state index >= 15 is 0 Å². The van der Waals surface area contributed by atoms with Gasteiger partial charge in [-0.25, -0.2) is 9.50 Å². The SMILES string of the molecule is Cc1nc2cc[nH]n2c(=O)c1CC(=O)NCCCCCCC(C)C. The molecule has 0 aliphatic rings. The molecule has 2 heterocycles. The molecule has 0 spiro atoms. The number of hydrogen-bond donors (Lipinski definition) is 2. The maximum absolute atomic E-state index is 12.4. The zero-order valence-electron chi connectivity index (χ0n) is 14.9. The quantitative estimate of drug-likeness (QED) is 0.693. The zero-order chi connectivity index (χ0) is 17.5. The van der Waals surface area contributed by atoms with Gasteiger partial charge in [-0.2, -0.15) is 0 Å². The lowest BCUT2D eigenvalue weighted by molar-refractivity contribution is -0.120. The first-order valence-corrected chi connectivity index (χ1v) is 8.81. The fourth-order valence-electron chi connectivity index (χ4n) is 2.79. The molecular weight excluding hydrogens is 304 g/mol. The predicted molar refractivity (Wildman–Crippen MR) is 95.2 cm³/mol. The van der Waals surface area contributed by atoms with Crippen molar-refractivity contribution in [3.63, 3.8) is 0 Å². The molecule has 132 valence electrons. The van der Waals surface area contributed by atoms with Gasteiger partial charge in [-0.1, -0.05) is 39.5 Å². The van der Waals surface area contributed by atoms with Crippen molar-refractivity contribution in [1.29, 1.82) is 0 Å². The Morgan fingerprint density at radius 2 is 2.04 bits per heavy atom. The van der Waals surface area contributed by atoms with Gasteiger partial charge in [0.25, 0.3) is 5.56 Å². The molecule has 0 saturated carbocycles. The van der Waals surface area contributed by atoms with Gasteiger partial charge in [0.2, 0.25) is 5.91 Å². The van der Waals surface area contributed by atoms with Crippen LogP contribution in [0.5, 0.6) is 0 Å². The minimum atomic E-state index is -0.202. The van der Waals surface area contributed by atoms with E-state index in [0.29, 0.717) is 23.4 Å². The van der Waals surface area contributed by atoms with Gasteiger partial charge in [0.15, 0.2) is 5.65 Å². The molecule has 24 heavy (non-hydrogen) atoms. The number of nitrogens with zero attached hydrogens (tertiary/aromatic N) is 2. The molecule has 2 rings (SSSR count). The first kappa shape index (κ1) is 18.2. The number of amides is 1. The Kier molecular flexibility index (Phi) is 6.58. The second kappa shape index (κ2) is 8.66. The lowest BCUT2D eigenvalue weighted by Gasteiger charge is -2.08. The number of fused-ring (bicyclic) bond motifs is 1. The standard InChI is InChI=1S/C18H28N4O2/c1-13(2)8-6-4-5-7-10-19-17(23)12-15-14(3)21-16-9-11-20-22(16)18(15)24/h9,11,13,20H,4-8,10,12H2,1-3H3,(H,19,23). The second-order valence-electron chi connectivity index (χ2n) is 6.76. The van der Waals surface area contributed by atoms with Crippen LogP contribution in [0.25, 0.3) is 5.65 Å². The van der Waals surface area contributed by atoms with E-state index < -0.39 is 0 Å². The van der Waals surface area contributed by atoms with Crippen LogP contribution < -0.4 is 10.9 Å². The second-order valence-corrected chi connectivity index (χ2v) is 6.76. The van der Waals surface area contributed by atoms with Crippen LogP contribution >= 0.6 is 0 Å². The third-order valence-electron chi connectivity index (χ3n) is 4.21. The Bertz CT molecular complexity index is 730. The molecule has 0 atom stereocenters. The Morgan fingerprint density at radius 3 is 2.79 bits per heavy atom. The molecule has 2 N–H and O–H groups in total. The Hall–Kier alpha value is -2.11. The number of aromatic nitrogens is 3. The lowest BCUT2D eigenvalue weighted by Crippen LogP contribution is -2.31. The van der Waals surface area contributed by atoms with Crippen molar-refractivity contribution in [2.45, 2.75) is 59.3 Å². The summed E-state index contributed by atoms with van der Waals surface area (Å²) in [6.45, 7) is 6.92. The van der Waals surface area contributed by atoms with Crippen LogP contribution in [0.2, 0.25) is 0 Å². The highest BCUT2D eigenvalue weighted by molar-refractivity contribution is 5.78. The fourth-order valence-corrected chi connectivity index (χ4v) is 2.79. The first-order chi connectivity index (χ1) is 11.5. The van der Waals surface area contributed by atoms with Gasteiger partial charge in [-0.15, -0.1) is 0 Å². The van der Waals surface area contributed by atoms with Gasteiger partial charge in [0.05, 0.1) is 6.42 Å². The Morgan fingerprint density at radius 1 is 1.29 bits per heavy atom. The molecule has 0 aliphatic heterocycles. The lowest BCUT2D eigenvalue weighted by atomic mass is 10.0. The van der Waals surface area contributed by atoms with Crippen molar-refractivity contribution in [3.05, 3.63) is 33.9 Å². The van der Waals surface area contributed by atoms with Gasteiger partial charge in [-0.3, -0.25) is 14.7 Å². The molecule has 6 heteroatoms. The number of carbonyl (C=O) groups is 1. The van der Waals surface area contributed by atoms with Crippen LogP contribution in [0.4, 0.5) is 0 Å². The summed E-state index contributed by atoms with van der Waals surface area (Å²) in [5.41, 5.74) is 1.43. The molecule has 0 fully saturated rings. The topological polar surface area (TPSA) is 79.3 Å². The van der Waals surface area contributed by atoms with Crippen molar-refractivity contribution in [2.75, 3.05) is 6.54 Å². The maximum atomic E-state index is 12.4. The van der Waals surface area contributed by atoms with Crippen LogP contribution in [0.15, 0.2) is 17.1 Å². The number of hydrogen-bond acceptors (Lipinski definition) is 3. The molecule has 0 saturated heterocycles. The van der Waals surface area contributed by atoms with Gasteiger partial charge < -0.3 is 5.32 Å². The molecule has 0 aromatic carbocycles. The van der Waals surface area contributed by atoms with E-state index in [2.05, 4.69) is 29.2 Å². The minimum absolute atomic E-state index is 0.0764. The molecule has 1 amide bonds. The van der Waals surface area contributed by atoms with Crippen LogP contribution in [0.1, 0.15) is 57.2 Å². The number of aromatic amines is 1. The average molecular weight is 332 g/mol. The Labute approximate surface area is 142 Å². The summed E-state index contributed by atoms with van der Waals surface area (Å²) < 4.78 is 1.37. The van der Waals surface area contributed by atoms with Gasteiger partial charge >= 0.3 is 0 Å². The molecule has 0 unspecified atom stereocenters. The molecule has 6 nitrogen and oxygen atoms in total. The third-order valence-corrected chi connectivity index (χ3v) is 4.21. The third kappa shape index (κ3) is 4.94. The number of H-pyrrole nitrogens is 1. The molecule has 2 aromatic heterocycles. The largest absolute Gasteiger partial charge is 0.356 e. The monoisotopic (exact) mass is 332 g/mol. The summed E-state index contributed by atoms with van der Waals surface area (Å²) in [6.07, 6.45) is 7.58. The summed E-state index contributed by atoms with van der Waals surface area (Å²) in [6, 6.07) is 1.73. The summed E-state index contributed by atoms with van der Waals surface area (Å²) in [5, 5.41) is 5.72. The predicted octanol–water partition coefficient (Wildman–Crippen LogP) is 2.60. The summed E-state index contributed by atoms with van der Waals surface area (Å²) >= 11 is 0. The van der Waals surface area contributed by atoms with E-state index in [1.54, 1.807) is 19.2 Å². The van der Waals surface area contributed by atoms with Crippen LogP contribution in [-0.4, -0.2) is 27.0 Å². The summed E-state index contributed by atoms with van der Waals surface area (Å²) in [5.74, 6) is 0.642. The van der Waals surface area contributed by atoms with Crippen molar-refractivity contribution in [2.24, 2.45) is 5.92 Å². The maximum Gasteiger partial charge on any atom is 0.276 e. The van der Waals surface area contributed by atoms with Gasteiger partial charge in [0, 0.05) is 30.1 Å². The van der Waals surface area contributed by atoms with Crippen molar-refractivity contribution >= 4 is 11.6 Å². The highest BCUT2D eigenvalue weighted by Gasteiger charge is 2.13. The Balaban J connectivity index is 1.78. The zero-order valence-corrected chi connectivity index (χ0v) is 14.9. The van der Waals surface area contributed by atoms with Crippen LogP contribution in [0, 0.1) is 12.8 Å². The van der Waals surface area contributed by atoms with E-state index in [9.17, 15) is 9.59 Å². The summed E-state index contributed by atoms with van der Waals surface area (Å²) in [4.78, 5) is 28.8. The number of unbranched alkanes of at least 4 members (excludes halogenated alkanes) is 3. The fraction of sp³-hybridized carbons (Fsp3) is 0.611. The van der Waals surface area contributed by atoms with E-state index in [4.69, 9.17) is 0 Å². The smallest absolute Gasteiger partial charge is 0.276 e. The molecule has 0 bridgehead atoms. The van der Waals surface area contributed by atoms with E-state index in [0.717, 1.165) is 18.8 Å². The molecule has 0 radical (unpaired) electrons. The van der Waals surface area contributed by atoms with Crippen molar-refractivity contribution < 1.29 is 4.79 Å². The van der Waals surface area contributed by atoms with Crippen molar-refractivity contribution in [1.82, 2.24) is 19.9 Å².